The van der Waals surface area contributed by atoms with E-state index >= 15 is 0 Å². The van der Waals surface area contributed by atoms with Gasteiger partial charge in [-0.25, -0.2) is 0 Å². The van der Waals surface area contributed by atoms with Crippen LogP contribution in [-0.2, 0) is 0 Å². The van der Waals surface area contributed by atoms with Crippen LogP contribution in [0.4, 0.5) is 17.9 Å². The smallest absolute Gasteiger partial charge is 0.328 e. The molecule has 9 heteroatoms. The molecule has 0 unspecified atom stereocenters. The zero-order valence-electron chi connectivity index (χ0n) is 8.63. The number of nitrogens with one attached hydrogen (secondary N) is 1. The van der Waals surface area contributed by atoms with Crippen LogP contribution in [0.25, 0.3) is 0 Å². The van der Waals surface area contributed by atoms with Crippen molar-refractivity contribution < 1.29 is 4.52 Å². The van der Waals surface area contributed by atoms with Gasteiger partial charge in [0.25, 0.3) is 0 Å². The van der Waals surface area contributed by atoms with Crippen LogP contribution in [0, 0.1) is 6.92 Å². The van der Waals surface area contributed by atoms with Gasteiger partial charge < -0.3 is 10.3 Å². The molecule has 0 aromatic carbocycles. The molecule has 2 aromatic heterocycles. The molecule has 0 amide bonds. The fourth-order valence-electron chi connectivity index (χ4n) is 0.963. The van der Waals surface area contributed by atoms with Crippen LogP contribution in [0.15, 0.2) is 9.68 Å². The predicted molar refractivity (Wildman–Crippen MR) is 58.3 cm³/mol. The molecule has 0 saturated heterocycles. The highest BCUT2D eigenvalue weighted by Gasteiger charge is 2.07. The summed E-state index contributed by atoms with van der Waals surface area (Å²) < 4.78 is 4.86. The highest BCUT2D eigenvalue weighted by molar-refractivity contribution is 7.98. The normalized spacial score (nSPS) is 10.4. The number of thioether (sulfide) groups is 1. The third-order valence-electron chi connectivity index (χ3n) is 1.56. The summed E-state index contributed by atoms with van der Waals surface area (Å²) in [5.41, 5.74) is 5.51. The number of rotatable bonds is 3. The monoisotopic (exact) mass is 239 g/mol. The summed E-state index contributed by atoms with van der Waals surface area (Å²) >= 11 is 1.36. The van der Waals surface area contributed by atoms with Gasteiger partial charge in [-0.3, -0.25) is 5.32 Å². The van der Waals surface area contributed by atoms with Crippen LogP contribution in [0.5, 0.6) is 0 Å². The van der Waals surface area contributed by atoms with Gasteiger partial charge in [-0.2, -0.15) is 19.9 Å². The van der Waals surface area contributed by atoms with Crippen molar-refractivity contribution >= 4 is 29.7 Å². The Labute approximate surface area is 95.1 Å². The molecule has 84 valence electrons. The molecule has 2 rings (SSSR count). The summed E-state index contributed by atoms with van der Waals surface area (Å²) in [5, 5.41) is 6.89. The van der Waals surface area contributed by atoms with Crippen LogP contribution >= 0.6 is 11.8 Å². The van der Waals surface area contributed by atoms with E-state index in [0.717, 1.165) is 0 Å². The number of nitrogens with two attached hydrogens (primary N) is 1. The highest BCUT2D eigenvalue weighted by Crippen LogP contribution is 2.14. The van der Waals surface area contributed by atoms with E-state index in [-0.39, 0.29) is 17.9 Å². The van der Waals surface area contributed by atoms with E-state index in [1.807, 2.05) is 6.26 Å². The SMILES string of the molecule is CSc1nc(N)nc(Nc2nc(C)no2)n1. The average molecular weight is 239 g/mol. The summed E-state index contributed by atoms with van der Waals surface area (Å²) in [4.78, 5) is 15.8. The van der Waals surface area contributed by atoms with Crippen molar-refractivity contribution in [3.05, 3.63) is 5.82 Å². The summed E-state index contributed by atoms with van der Waals surface area (Å²) in [6.07, 6.45) is 1.84. The zero-order valence-corrected chi connectivity index (χ0v) is 9.45. The Morgan fingerprint density at radius 1 is 1.25 bits per heavy atom. The molecule has 0 aliphatic carbocycles. The first kappa shape index (κ1) is 10.6. The number of hydrogen-bond donors (Lipinski definition) is 2. The molecule has 0 aliphatic heterocycles. The first-order valence-electron chi connectivity index (χ1n) is 4.30. The zero-order chi connectivity index (χ0) is 11.5. The van der Waals surface area contributed by atoms with Crippen molar-refractivity contribution in [2.24, 2.45) is 0 Å². The molecule has 0 atom stereocenters. The van der Waals surface area contributed by atoms with Crippen LogP contribution in [0.2, 0.25) is 0 Å². The van der Waals surface area contributed by atoms with E-state index in [1.165, 1.54) is 11.8 Å². The van der Waals surface area contributed by atoms with E-state index < -0.39 is 0 Å². The third-order valence-corrected chi connectivity index (χ3v) is 2.11. The lowest BCUT2D eigenvalue weighted by atomic mass is 10.7. The molecule has 2 aromatic rings. The maximum Gasteiger partial charge on any atom is 0.328 e. The van der Waals surface area contributed by atoms with E-state index in [0.29, 0.717) is 11.0 Å². The summed E-state index contributed by atoms with van der Waals surface area (Å²) in [6.45, 7) is 1.71. The molecule has 8 nitrogen and oxygen atoms in total. The molecule has 0 radical (unpaired) electrons. The second kappa shape index (κ2) is 4.31. The maximum absolute atomic E-state index is 5.51. The largest absolute Gasteiger partial charge is 0.368 e. The lowest BCUT2D eigenvalue weighted by Gasteiger charge is -2.01. The van der Waals surface area contributed by atoms with Gasteiger partial charge in [0.2, 0.25) is 11.9 Å². The molecule has 2 heterocycles. The minimum Gasteiger partial charge on any atom is -0.368 e. The average Bonchev–Trinajstić information content (AvgIpc) is 2.63. The van der Waals surface area contributed by atoms with E-state index in [1.54, 1.807) is 6.92 Å². The Morgan fingerprint density at radius 3 is 2.69 bits per heavy atom. The molecule has 3 N–H and O–H groups in total. The van der Waals surface area contributed by atoms with Crippen LogP contribution < -0.4 is 11.1 Å². The van der Waals surface area contributed by atoms with E-state index in [2.05, 4.69) is 30.4 Å². The minimum atomic E-state index is 0.137. The van der Waals surface area contributed by atoms with E-state index in [9.17, 15) is 0 Å². The fourth-order valence-corrected chi connectivity index (χ4v) is 1.33. The maximum atomic E-state index is 5.51. The van der Waals surface area contributed by atoms with Crippen LogP contribution in [-0.4, -0.2) is 31.3 Å². The number of nitrogens with zero attached hydrogens (tertiary/aromatic N) is 5. The third kappa shape index (κ3) is 2.37. The lowest BCUT2D eigenvalue weighted by Crippen LogP contribution is -2.04. The van der Waals surface area contributed by atoms with Gasteiger partial charge in [0, 0.05) is 0 Å². The Balaban J connectivity index is 2.24. The number of nitrogen functional groups attached to an aromatic ring is 1. The van der Waals surface area contributed by atoms with Crippen molar-refractivity contribution in [2.45, 2.75) is 12.1 Å². The Kier molecular flexibility index (Phi) is 2.86. The van der Waals surface area contributed by atoms with Crippen LogP contribution in [0.1, 0.15) is 5.82 Å². The van der Waals surface area contributed by atoms with Gasteiger partial charge in [-0.05, 0) is 13.2 Å². The molecule has 0 spiro atoms. The number of hydrogen-bond acceptors (Lipinski definition) is 9. The van der Waals surface area contributed by atoms with Gasteiger partial charge in [0.05, 0.1) is 0 Å². The van der Waals surface area contributed by atoms with Crippen molar-refractivity contribution in [1.29, 1.82) is 0 Å². The number of aryl methyl sites for hydroxylation is 1. The molecule has 0 fully saturated rings. The standard InChI is InChI=1S/C7H9N7OS/c1-3-9-6(15-14-3)12-5-10-4(8)11-7(13-5)16-2/h1-2H3,(H3,8,9,10,11,12,13,14). The highest BCUT2D eigenvalue weighted by atomic mass is 32.2. The van der Waals surface area contributed by atoms with Gasteiger partial charge >= 0.3 is 6.01 Å². The first-order chi connectivity index (χ1) is 7.67. The molecule has 0 aliphatic rings. The quantitative estimate of drug-likeness (QED) is 0.743. The Hall–Kier alpha value is -1.90. The molecule has 16 heavy (non-hydrogen) atoms. The van der Waals surface area contributed by atoms with Crippen molar-refractivity contribution in [3.63, 3.8) is 0 Å². The first-order valence-corrected chi connectivity index (χ1v) is 5.52. The lowest BCUT2D eigenvalue weighted by molar-refractivity contribution is 0.428. The summed E-state index contributed by atoms with van der Waals surface area (Å²) in [6, 6.07) is 0.218. The van der Waals surface area contributed by atoms with Gasteiger partial charge in [0.15, 0.2) is 11.0 Å². The van der Waals surface area contributed by atoms with Gasteiger partial charge in [-0.15, -0.1) is 0 Å². The van der Waals surface area contributed by atoms with Crippen molar-refractivity contribution in [2.75, 3.05) is 17.3 Å². The number of anilines is 3. The molecular formula is C7H9N7OS. The molecular weight excluding hydrogens is 230 g/mol. The fraction of sp³-hybridized carbons (Fsp3) is 0.286. The van der Waals surface area contributed by atoms with Crippen molar-refractivity contribution in [1.82, 2.24) is 25.1 Å². The van der Waals surface area contributed by atoms with Gasteiger partial charge in [-0.1, -0.05) is 16.9 Å². The van der Waals surface area contributed by atoms with Gasteiger partial charge in [0.1, 0.15) is 0 Å². The summed E-state index contributed by atoms with van der Waals surface area (Å²) in [7, 11) is 0. The van der Waals surface area contributed by atoms with Crippen molar-refractivity contribution in [3.8, 4) is 0 Å². The number of aromatic nitrogens is 5. The molecule has 0 bridgehead atoms. The predicted octanol–water partition coefficient (Wildman–Crippen LogP) is 0.611. The second-order valence-corrected chi connectivity index (χ2v) is 3.55. The topological polar surface area (TPSA) is 116 Å². The Bertz CT molecular complexity index is 499. The minimum absolute atomic E-state index is 0.137. The van der Waals surface area contributed by atoms with Crippen LogP contribution in [0.3, 0.4) is 0 Å². The summed E-state index contributed by atoms with van der Waals surface area (Å²) in [5.74, 6) is 0.938. The molecule has 0 saturated carbocycles. The second-order valence-electron chi connectivity index (χ2n) is 2.78. The van der Waals surface area contributed by atoms with E-state index in [4.69, 9.17) is 10.3 Å². The Morgan fingerprint density at radius 2 is 2.06 bits per heavy atom.